The van der Waals surface area contributed by atoms with Crippen LogP contribution in [0.1, 0.15) is 44.0 Å². The summed E-state index contributed by atoms with van der Waals surface area (Å²) in [7, 11) is 0. The van der Waals surface area contributed by atoms with Crippen LogP contribution in [0.3, 0.4) is 0 Å². The lowest BCUT2D eigenvalue weighted by Gasteiger charge is -2.19. The standard InChI is InChI=1S/C16H16F2N4/c1-16(2,3)10-6-4-9(5-7-10)15-21-12(13(17)18)11(8-19)14(20)22-15/h4-7,13H,1-3H3,(H2,20,21,22). The largest absolute Gasteiger partial charge is 0.382 e. The molecular formula is C16H16F2N4. The van der Waals surface area contributed by atoms with Crippen molar-refractivity contribution in [1.82, 2.24) is 9.97 Å². The van der Waals surface area contributed by atoms with Gasteiger partial charge in [-0.05, 0) is 11.0 Å². The Kier molecular flexibility index (Phi) is 4.09. The van der Waals surface area contributed by atoms with Gasteiger partial charge in [0.1, 0.15) is 23.1 Å². The number of nitriles is 1. The van der Waals surface area contributed by atoms with E-state index in [1.54, 1.807) is 18.2 Å². The van der Waals surface area contributed by atoms with Crippen LogP contribution in [0.5, 0.6) is 0 Å². The van der Waals surface area contributed by atoms with Gasteiger partial charge in [-0.2, -0.15) is 5.26 Å². The second-order valence-corrected chi connectivity index (χ2v) is 5.93. The molecule has 0 fully saturated rings. The van der Waals surface area contributed by atoms with Crippen LogP contribution in [0.15, 0.2) is 24.3 Å². The van der Waals surface area contributed by atoms with Crippen LogP contribution in [0.2, 0.25) is 0 Å². The lowest BCUT2D eigenvalue weighted by atomic mass is 9.86. The molecule has 114 valence electrons. The van der Waals surface area contributed by atoms with Gasteiger partial charge < -0.3 is 5.73 Å². The van der Waals surface area contributed by atoms with Crippen LogP contribution in [0.4, 0.5) is 14.6 Å². The number of nitrogens with zero attached hydrogens (tertiary/aromatic N) is 3. The Balaban J connectivity index is 2.52. The Morgan fingerprint density at radius 3 is 2.18 bits per heavy atom. The highest BCUT2D eigenvalue weighted by atomic mass is 19.3. The molecule has 0 aliphatic carbocycles. The summed E-state index contributed by atoms with van der Waals surface area (Å²) in [4.78, 5) is 7.76. The number of benzene rings is 1. The number of anilines is 1. The van der Waals surface area contributed by atoms with E-state index in [0.717, 1.165) is 5.56 Å². The average molecular weight is 302 g/mol. The molecular weight excluding hydrogens is 286 g/mol. The first kappa shape index (κ1) is 15.8. The van der Waals surface area contributed by atoms with Gasteiger partial charge in [-0.25, -0.2) is 18.7 Å². The van der Waals surface area contributed by atoms with Gasteiger partial charge >= 0.3 is 0 Å². The fraction of sp³-hybridized carbons (Fsp3) is 0.312. The normalized spacial score (nSPS) is 11.5. The Bertz CT molecular complexity index is 726. The zero-order chi connectivity index (χ0) is 16.5. The molecule has 2 N–H and O–H groups in total. The maximum absolute atomic E-state index is 13.0. The van der Waals surface area contributed by atoms with Crippen LogP contribution in [0, 0.1) is 11.3 Å². The molecule has 0 aliphatic rings. The number of alkyl halides is 2. The monoisotopic (exact) mass is 302 g/mol. The van der Waals surface area contributed by atoms with Crippen LogP contribution < -0.4 is 5.73 Å². The molecule has 1 heterocycles. The molecule has 0 radical (unpaired) electrons. The zero-order valence-electron chi connectivity index (χ0n) is 12.6. The minimum atomic E-state index is -2.88. The zero-order valence-corrected chi connectivity index (χ0v) is 12.6. The minimum Gasteiger partial charge on any atom is -0.382 e. The SMILES string of the molecule is CC(C)(C)c1ccc(-c2nc(N)c(C#N)c(C(F)F)n2)cc1. The van der Waals surface area contributed by atoms with E-state index < -0.39 is 12.1 Å². The van der Waals surface area contributed by atoms with Crippen molar-refractivity contribution in [1.29, 1.82) is 5.26 Å². The molecule has 4 nitrogen and oxygen atoms in total. The number of hydrogen-bond donors (Lipinski definition) is 1. The van der Waals surface area contributed by atoms with Gasteiger partial charge in [-0.1, -0.05) is 45.0 Å². The van der Waals surface area contributed by atoms with Crippen molar-refractivity contribution in [3.8, 4) is 17.5 Å². The summed E-state index contributed by atoms with van der Waals surface area (Å²) < 4.78 is 26.0. The first-order chi connectivity index (χ1) is 10.2. The van der Waals surface area contributed by atoms with Crippen molar-refractivity contribution in [2.24, 2.45) is 0 Å². The molecule has 0 saturated heterocycles. The molecule has 0 aliphatic heterocycles. The molecule has 0 saturated carbocycles. The van der Waals surface area contributed by atoms with Crippen LogP contribution in [0.25, 0.3) is 11.4 Å². The van der Waals surface area contributed by atoms with Gasteiger partial charge in [0.05, 0.1) is 0 Å². The van der Waals surface area contributed by atoms with E-state index in [-0.39, 0.29) is 22.6 Å². The Labute approximate surface area is 127 Å². The van der Waals surface area contributed by atoms with Gasteiger partial charge in [-0.3, -0.25) is 0 Å². The molecule has 0 spiro atoms. The molecule has 0 amide bonds. The van der Waals surface area contributed by atoms with Gasteiger partial charge in [0.2, 0.25) is 0 Å². The average Bonchev–Trinajstić information content (AvgIpc) is 2.45. The van der Waals surface area contributed by atoms with Gasteiger partial charge in [0, 0.05) is 5.56 Å². The predicted molar refractivity (Wildman–Crippen MR) is 80.3 cm³/mol. The van der Waals surface area contributed by atoms with Crippen molar-refractivity contribution in [3.63, 3.8) is 0 Å². The highest BCUT2D eigenvalue weighted by molar-refractivity contribution is 5.62. The molecule has 6 heteroatoms. The minimum absolute atomic E-state index is 0.0167. The maximum Gasteiger partial charge on any atom is 0.281 e. The number of nitrogens with two attached hydrogens (primary N) is 1. The summed E-state index contributed by atoms with van der Waals surface area (Å²) >= 11 is 0. The third-order valence-electron chi connectivity index (χ3n) is 3.29. The third kappa shape index (κ3) is 3.03. The molecule has 1 aromatic heterocycles. The van der Waals surface area contributed by atoms with Gasteiger partial charge in [0.15, 0.2) is 5.82 Å². The van der Waals surface area contributed by atoms with E-state index in [2.05, 4.69) is 30.7 Å². The summed E-state index contributed by atoms with van der Waals surface area (Å²) in [5.74, 6) is -0.144. The predicted octanol–water partition coefficient (Wildman–Crippen LogP) is 3.83. The molecule has 0 unspecified atom stereocenters. The number of nitrogen functional groups attached to an aromatic ring is 1. The van der Waals surface area contributed by atoms with Crippen molar-refractivity contribution >= 4 is 5.82 Å². The Morgan fingerprint density at radius 2 is 1.73 bits per heavy atom. The maximum atomic E-state index is 13.0. The first-order valence-corrected chi connectivity index (χ1v) is 6.70. The smallest absolute Gasteiger partial charge is 0.281 e. The van der Waals surface area contributed by atoms with E-state index in [0.29, 0.717) is 5.56 Å². The molecule has 1 aromatic carbocycles. The molecule has 2 aromatic rings. The third-order valence-corrected chi connectivity index (χ3v) is 3.29. The fourth-order valence-electron chi connectivity index (χ4n) is 2.02. The highest BCUT2D eigenvalue weighted by Gasteiger charge is 2.21. The Morgan fingerprint density at radius 1 is 1.14 bits per heavy atom. The summed E-state index contributed by atoms with van der Waals surface area (Å²) in [6.07, 6.45) is -2.88. The molecule has 0 bridgehead atoms. The van der Waals surface area contributed by atoms with Gasteiger partial charge in [0.25, 0.3) is 6.43 Å². The highest BCUT2D eigenvalue weighted by Crippen LogP contribution is 2.28. The summed E-state index contributed by atoms with van der Waals surface area (Å²) in [6.45, 7) is 6.23. The lowest BCUT2D eigenvalue weighted by Crippen LogP contribution is -2.10. The van der Waals surface area contributed by atoms with Crippen LogP contribution in [-0.2, 0) is 5.41 Å². The Hall–Kier alpha value is -2.55. The second-order valence-electron chi connectivity index (χ2n) is 5.93. The first-order valence-electron chi connectivity index (χ1n) is 6.70. The molecule has 2 rings (SSSR count). The van der Waals surface area contributed by atoms with Crippen LogP contribution >= 0.6 is 0 Å². The van der Waals surface area contributed by atoms with Crippen molar-refractivity contribution in [2.45, 2.75) is 32.6 Å². The van der Waals surface area contributed by atoms with Gasteiger partial charge in [-0.15, -0.1) is 0 Å². The van der Waals surface area contributed by atoms with E-state index in [1.807, 2.05) is 12.1 Å². The number of hydrogen-bond acceptors (Lipinski definition) is 4. The second kappa shape index (κ2) is 5.68. The molecule has 0 atom stereocenters. The fourth-order valence-corrected chi connectivity index (χ4v) is 2.02. The van der Waals surface area contributed by atoms with E-state index in [4.69, 9.17) is 11.0 Å². The quantitative estimate of drug-likeness (QED) is 0.914. The van der Waals surface area contributed by atoms with Crippen molar-refractivity contribution in [3.05, 3.63) is 41.1 Å². The van der Waals surface area contributed by atoms with Crippen LogP contribution in [-0.4, -0.2) is 9.97 Å². The van der Waals surface area contributed by atoms with E-state index in [9.17, 15) is 8.78 Å². The van der Waals surface area contributed by atoms with E-state index >= 15 is 0 Å². The topological polar surface area (TPSA) is 75.6 Å². The summed E-state index contributed by atoms with van der Waals surface area (Å²) in [6, 6.07) is 8.94. The number of rotatable bonds is 2. The van der Waals surface area contributed by atoms with Crippen molar-refractivity contribution in [2.75, 3.05) is 5.73 Å². The number of aromatic nitrogens is 2. The lowest BCUT2D eigenvalue weighted by molar-refractivity contribution is 0.146. The summed E-state index contributed by atoms with van der Waals surface area (Å²) in [5, 5.41) is 8.89. The molecule has 22 heavy (non-hydrogen) atoms. The summed E-state index contributed by atoms with van der Waals surface area (Å²) in [5.41, 5.74) is 6.26. The van der Waals surface area contributed by atoms with Crippen molar-refractivity contribution < 1.29 is 8.78 Å². The number of halogens is 2. The van der Waals surface area contributed by atoms with E-state index in [1.165, 1.54) is 0 Å².